The highest BCUT2D eigenvalue weighted by Crippen LogP contribution is 2.26. The third-order valence-corrected chi connectivity index (χ3v) is 3.46. The van der Waals surface area contributed by atoms with Gasteiger partial charge in [-0.3, -0.25) is 4.79 Å². The van der Waals surface area contributed by atoms with E-state index in [2.05, 4.69) is 10.6 Å². The molecule has 1 aromatic heterocycles. The number of nitrogens with one attached hydrogen (secondary N) is 2. The van der Waals surface area contributed by atoms with Crippen LogP contribution in [0.1, 0.15) is 24.3 Å². The van der Waals surface area contributed by atoms with E-state index < -0.39 is 6.03 Å². The Kier molecular flexibility index (Phi) is 5.24. The van der Waals surface area contributed by atoms with E-state index in [1.165, 1.54) is 11.3 Å². The monoisotopic (exact) mass is 275 g/mol. The number of carbonyl (C=O) groups is 2. The minimum absolute atomic E-state index is 0.0893. The van der Waals surface area contributed by atoms with E-state index in [1.54, 1.807) is 6.07 Å². The molecule has 0 saturated carbocycles. The van der Waals surface area contributed by atoms with Crippen molar-refractivity contribution in [2.24, 2.45) is 5.73 Å². The molecule has 17 heavy (non-hydrogen) atoms. The number of primary amides is 1. The number of carbonyl (C=O) groups excluding carboxylic acids is 2. The molecule has 0 radical (unpaired) electrons. The Bertz CT molecular complexity index is 408. The van der Waals surface area contributed by atoms with Gasteiger partial charge in [-0.1, -0.05) is 11.6 Å². The van der Waals surface area contributed by atoms with Crippen LogP contribution in [-0.4, -0.2) is 18.5 Å². The van der Waals surface area contributed by atoms with Crippen LogP contribution in [-0.2, 0) is 4.79 Å². The second-order valence-electron chi connectivity index (χ2n) is 3.47. The van der Waals surface area contributed by atoms with Crippen molar-refractivity contribution in [3.63, 3.8) is 0 Å². The fraction of sp³-hybridized carbons (Fsp3) is 0.400. The zero-order valence-electron chi connectivity index (χ0n) is 9.33. The summed E-state index contributed by atoms with van der Waals surface area (Å²) in [5.41, 5.74) is 4.88. The first-order chi connectivity index (χ1) is 7.99. The number of hydrogen-bond donors (Lipinski definition) is 3. The van der Waals surface area contributed by atoms with Gasteiger partial charge in [-0.25, -0.2) is 4.79 Å². The molecule has 1 atom stereocenters. The summed E-state index contributed by atoms with van der Waals surface area (Å²) in [4.78, 5) is 22.9. The molecule has 3 amide bonds. The summed E-state index contributed by atoms with van der Waals surface area (Å²) in [6, 6.07) is 2.95. The Labute approximate surface area is 108 Å². The van der Waals surface area contributed by atoms with E-state index in [9.17, 15) is 9.59 Å². The number of hydrogen-bond acceptors (Lipinski definition) is 3. The van der Waals surface area contributed by atoms with Gasteiger partial charge >= 0.3 is 6.03 Å². The van der Waals surface area contributed by atoms with Crippen LogP contribution in [0.5, 0.6) is 0 Å². The standard InChI is InChI=1S/C10H14ClN3O2S/c1-6(7-2-3-8(11)17-7)14-9(15)4-5-13-10(12)16/h2-3,6H,4-5H2,1H3,(H,14,15)(H3,12,13,16). The highest BCUT2D eigenvalue weighted by Gasteiger charge is 2.11. The zero-order chi connectivity index (χ0) is 12.8. The molecule has 5 nitrogen and oxygen atoms in total. The summed E-state index contributed by atoms with van der Waals surface area (Å²) >= 11 is 7.23. The van der Waals surface area contributed by atoms with E-state index in [4.69, 9.17) is 17.3 Å². The van der Waals surface area contributed by atoms with Crippen LogP contribution in [0, 0.1) is 0 Å². The third-order valence-electron chi connectivity index (χ3n) is 2.05. The van der Waals surface area contributed by atoms with Gasteiger partial charge in [0.1, 0.15) is 0 Å². The number of rotatable bonds is 5. The van der Waals surface area contributed by atoms with Crippen molar-refractivity contribution in [1.82, 2.24) is 10.6 Å². The van der Waals surface area contributed by atoms with Gasteiger partial charge in [-0.2, -0.15) is 0 Å². The second-order valence-corrected chi connectivity index (χ2v) is 5.22. The summed E-state index contributed by atoms with van der Waals surface area (Å²) in [5, 5.41) is 5.16. The van der Waals surface area contributed by atoms with E-state index in [-0.39, 0.29) is 24.9 Å². The molecule has 0 aromatic carbocycles. The number of amides is 3. The van der Waals surface area contributed by atoms with Crippen LogP contribution in [0.25, 0.3) is 0 Å². The Morgan fingerprint density at radius 2 is 2.24 bits per heavy atom. The minimum Gasteiger partial charge on any atom is -0.352 e. The number of thiophene rings is 1. The molecule has 4 N–H and O–H groups in total. The first-order valence-corrected chi connectivity index (χ1v) is 6.26. The van der Waals surface area contributed by atoms with Crippen molar-refractivity contribution >= 4 is 34.9 Å². The van der Waals surface area contributed by atoms with E-state index in [0.29, 0.717) is 4.34 Å². The lowest BCUT2D eigenvalue weighted by Crippen LogP contribution is -2.34. The van der Waals surface area contributed by atoms with Crippen molar-refractivity contribution in [2.75, 3.05) is 6.54 Å². The van der Waals surface area contributed by atoms with Crippen molar-refractivity contribution in [1.29, 1.82) is 0 Å². The quantitative estimate of drug-likeness (QED) is 0.763. The molecule has 0 aliphatic rings. The van der Waals surface area contributed by atoms with Gasteiger partial charge in [-0.05, 0) is 19.1 Å². The maximum absolute atomic E-state index is 11.5. The summed E-state index contributed by atoms with van der Waals surface area (Å²) in [5.74, 6) is -0.143. The molecule has 1 unspecified atom stereocenters. The molecule has 94 valence electrons. The molecule has 0 fully saturated rings. The van der Waals surface area contributed by atoms with Gasteiger partial charge in [0.05, 0.1) is 10.4 Å². The largest absolute Gasteiger partial charge is 0.352 e. The smallest absolute Gasteiger partial charge is 0.312 e. The van der Waals surface area contributed by atoms with Gasteiger partial charge < -0.3 is 16.4 Å². The van der Waals surface area contributed by atoms with Crippen LogP contribution in [0.2, 0.25) is 4.34 Å². The first-order valence-electron chi connectivity index (χ1n) is 5.07. The zero-order valence-corrected chi connectivity index (χ0v) is 10.9. The topological polar surface area (TPSA) is 84.2 Å². The first kappa shape index (κ1) is 13.8. The number of urea groups is 1. The highest BCUT2D eigenvalue weighted by atomic mass is 35.5. The summed E-state index contributed by atoms with van der Waals surface area (Å²) < 4.78 is 0.691. The molecular formula is C10H14ClN3O2S. The number of nitrogens with two attached hydrogens (primary N) is 1. The normalized spacial score (nSPS) is 11.9. The SMILES string of the molecule is CC(NC(=O)CCNC(N)=O)c1ccc(Cl)s1. The Balaban J connectivity index is 2.33. The predicted molar refractivity (Wildman–Crippen MR) is 68.1 cm³/mol. The van der Waals surface area contributed by atoms with Crippen molar-refractivity contribution < 1.29 is 9.59 Å². The highest BCUT2D eigenvalue weighted by molar-refractivity contribution is 7.16. The average Bonchev–Trinajstić information content (AvgIpc) is 2.64. The summed E-state index contributed by atoms with van der Waals surface area (Å²) in [6.45, 7) is 2.11. The van der Waals surface area contributed by atoms with Crippen molar-refractivity contribution in [3.05, 3.63) is 21.3 Å². The molecule has 0 bridgehead atoms. The molecule has 1 heterocycles. The fourth-order valence-electron chi connectivity index (χ4n) is 1.25. The van der Waals surface area contributed by atoms with Gasteiger partial charge in [0, 0.05) is 17.8 Å². The Morgan fingerprint density at radius 1 is 1.53 bits per heavy atom. The Morgan fingerprint density at radius 3 is 2.76 bits per heavy atom. The van der Waals surface area contributed by atoms with E-state index in [1.807, 2.05) is 13.0 Å². The lowest BCUT2D eigenvalue weighted by molar-refractivity contribution is -0.121. The van der Waals surface area contributed by atoms with Gasteiger partial charge in [0.25, 0.3) is 0 Å². The fourth-order valence-corrected chi connectivity index (χ4v) is 2.31. The number of halogens is 1. The molecular weight excluding hydrogens is 262 g/mol. The maximum atomic E-state index is 11.5. The second kappa shape index (κ2) is 6.46. The molecule has 0 aliphatic heterocycles. The minimum atomic E-state index is -0.629. The molecule has 1 rings (SSSR count). The Hall–Kier alpha value is -1.27. The molecule has 0 saturated heterocycles. The lowest BCUT2D eigenvalue weighted by Gasteiger charge is -2.12. The van der Waals surface area contributed by atoms with Crippen LogP contribution in [0.15, 0.2) is 12.1 Å². The predicted octanol–water partition coefficient (Wildman–Crippen LogP) is 1.64. The van der Waals surface area contributed by atoms with Crippen LogP contribution >= 0.6 is 22.9 Å². The average molecular weight is 276 g/mol. The van der Waals surface area contributed by atoms with E-state index in [0.717, 1.165) is 4.88 Å². The molecule has 0 aliphatic carbocycles. The molecule has 0 spiro atoms. The lowest BCUT2D eigenvalue weighted by atomic mass is 10.2. The van der Waals surface area contributed by atoms with Crippen LogP contribution in [0.4, 0.5) is 4.79 Å². The van der Waals surface area contributed by atoms with Crippen molar-refractivity contribution in [3.8, 4) is 0 Å². The third kappa shape index (κ3) is 5.06. The summed E-state index contributed by atoms with van der Waals surface area (Å²) in [7, 11) is 0. The van der Waals surface area contributed by atoms with Gasteiger partial charge in [-0.15, -0.1) is 11.3 Å². The molecule has 1 aromatic rings. The van der Waals surface area contributed by atoms with Gasteiger partial charge in [0.2, 0.25) is 5.91 Å². The van der Waals surface area contributed by atoms with Crippen LogP contribution in [0.3, 0.4) is 0 Å². The van der Waals surface area contributed by atoms with Gasteiger partial charge in [0.15, 0.2) is 0 Å². The van der Waals surface area contributed by atoms with Crippen molar-refractivity contribution in [2.45, 2.75) is 19.4 Å². The van der Waals surface area contributed by atoms with Crippen LogP contribution < -0.4 is 16.4 Å². The van der Waals surface area contributed by atoms with E-state index >= 15 is 0 Å². The maximum Gasteiger partial charge on any atom is 0.312 e. The molecule has 7 heteroatoms. The summed E-state index contributed by atoms with van der Waals surface area (Å²) in [6.07, 6.45) is 0.201.